The zero-order valence-corrected chi connectivity index (χ0v) is 12.3. The highest BCUT2D eigenvalue weighted by atomic mass is 16.3. The van der Waals surface area contributed by atoms with Gasteiger partial charge < -0.3 is 10.4 Å². The Labute approximate surface area is 122 Å². The normalized spacial score (nSPS) is 12.6. The van der Waals surface area contributed by atoms with Gasteiger partial charge in [-0.1, -0.05) is 18.2 Å². The number of carbonyl (C=O) groups excluding carboxylic acids is 1. The molecule has 2 aromatic rings. The largest absolute Gasteiger partial charge is 0.394 e. The van der Waals surface area contributed by atoms with Crippen molar-refractivity contribution in [3.05, 3.63) is 40.3 Å². The van der Waals surface area contributed by atoms with E-state index in [1.165, 1.54) is 4.68 Å². The molecular formula is C15H19N3O3. The number of aliphatic hydroxyl groups excluding tert-OH is 1. The molecule has 1 atom stereocenters. The maximum atomic E-state index is 12.4. The van der Waals surface area contributed by atoms with E-state index in [0.717, 1.165) is 0 Å². The first-order valence-corrected chi connectivity index (χ1v) is 6.89. The van der Waals surface area contributed by atoms with Crippen LogP contribution in [-0.2, 0) is 0 Å². The van der Waals surface area contributed by atoms with Gasteiger partial charge in [-0.3, -0.25) is 9.59 Å². The van der Waals surface area contributed by atoms with Crippen molar-refractivity contribution in [3.63, 3.8) is 0 Å². The van der Waals surface area contributed by atoms with Crippen LogP contribution >= 0.6 is 0 Å². The minimum Gasteiger partial charge on any atom is -0.394 e. The van der Waals surface area contributed by atoms with Crippen LogP contribution < -0.4 is 10.9 Å². The van der Waals surface area contributed by atoms with E-state index in [1.807, 2.05) is 13.8 Å². The van der Waals surface area contributed by atoms with Crippen molar-refractivity contribution < 1.29 is 9.90 Å². The number of nitrogens with zero attached hydrogens (tertiary/aromatic N) is 2. The molecule has 0 aliphatic carbocycles. The third-order valence-corrected chi connectivity index (χ3v) is 3.18. The number of rotatable bonds is 4. The summed E-state index contributed by atoms with van der Waals surface area (Å²) in [6.45, 7) is 5.20. The van der Waals surface area contributed by atoms with Gasteiger partial charge in [-0.05, 0) is 26.8 Å². The molecule has 1 aromatic carbocycles. The van der Waals surface area contributed by atoms with E-state index in [4.69, 9.17) is 5.11 Å². The SMILES string of the molecule is CC(CO)NC(=O)c1nn(C(C)C)c(=O)c2ccccc12. The molecule has 1 unspecified atom stereocenters. The summed E-state index contributed by atoms with van der Waals surface area (Å²) in [5, 5.41) is 16.9. The summed E-state index contributed by atoms with van der Waals surface area (Å²) < 4.78 is 1.31. The number of amides is 1. The zero-order chi connectivity index (χ0) is 15.6. The molecule has 2 rings (SSSR count). The average molecular weight is 289 g/mol. The van der Waals surface area contributed by atoms with Gasteiger partial charge in [0.05, 0.1) is 18.0 Å². The van der Waals surface area contributed by atoms with Gasteiger partial charge in [-0.2, -0.15) is 5.10 Å². The first kappa shape index (κ1) is 15.2. The van der Waals surface area contributed by atoms with Crippen molar-refractivity contribution in [2.24, 2.45) is 0 Å². The quantitative estimate of drug-likeness (QED) is 0.882. The Bertz CT molecular complexity index is 722. The number of fused-ring (bicyclic) bond motifs is 1. The number of aliphatic hydroxyl groups is 1. The van der Waals surface area contributed by atoms with Gasteiger partial charge >= 0.3 is 0 Å². The molecule has 0 saturated heterocycles. The molecule has 0 fully saturated rings. The first-order valence-electron chi connectivity index (χ1n) is 6.89. The van der Waals surface area contributed by atoms with Crippen molar-refractivity contribution in [2.75, 3.05) is 6.61 Å². The lowest BCUT2D eigenvalue weighted by Gasteiger charge is -2.15. The van der Waals surface area contributed by atoms with Crippen molar-refractivity contribution in [3.8, 4) is 0 Å². The summed E-state index contributed by atoms with van der Waals surface area (Å²) in [5.74, 6) is -0.401. The lowest BCUT2D eigenvalue weighted by molar-refractivity contribution is 0.0916. The van der Waals surface area contributed by atoms with Gasteiger partial charge in [0.2, 0.25) is 0 Å². The fraction of sp³-hybridized carbons (Fsp3) is 0.400. The van der Waals surface area contributed by atoms with Crippen molar-refractivity contribution in [2.45, 2.75) is 32.9 Å². The molecule has 0 saturated carbocycles. The standard InChI is InChI=1S/C15H19N3O3/c1-9(2)18-15(21)12-7-5-4-6-11(12)13(17-18)14(20)16-10(3)8-19/h4-7,9-10,19H,8H2,1-3H3,(H,16,20). The smallest absolute Gasteiger partial charge is 0.274 e. The number of benzene rings is 1. The number of aromatic nitrogens is 2. The zero-order valence-electron chi connectivity index (χ0n) is 12.3. The van der Waals surface area contributed by atoms with E-state index in [-0.39, 0.29) is 29.9 Å². The fourth-order valence-corrected chi connectivity index (χ4v) is 2.06. The minimum absolute atomic E-state index is 0.149. The molecule has 6 heteroatoms. The predicted molar refractivity (Wildman–Crippen MR) is 80.4 cm³/mol. The molecule has 1 aromatic heterocycles. The summed E-state index contributed by atoms with van der Waals surface area (Å²) in [4.78, 5) is 24.7. The van der Waals surface area contributed by atoms with E-state index >= 15 is 0 Å². The lowest BCUT2D eigenvalue weighted by atomic mass is 10.1. The monoisotopic (exact) mass is 289 g/mol. The third kappa shape index (κ3) is 2.95. The van der Waals surface area contributed by atoms with Crippen molar-refractivity contribution in [1.29, 1.82) is 0 Å². The molecule has 1 heterocycles. The molecule has 2 N–H and O–H groups in total. The van der Waals surface area contributed by atoms with Crippen LogP contribution in [0.5, 0.6) is 0 Å². The summed E-state index contributed by atoms with van der Waals surface area (Å²) in [5.41, 5.74) is -0.0217. The van der Waals surface area contributed by atoms with Crippen molar-refractivity contribution >= 4 is 16.7 Å². The van der Waals surface area contributed by atoms with Crippen molar-refractivity contribution in [1.82, 2.24) is 15.1 Å². The van der Waals surface area contributed by atoms with Crippen LogP contribution in [0.3, 0.4) is 0 Å². The Morgan fingerprint density at radius 2 is 1.90 bits per heavy atom. The van der Waals surface area contributed by atoms with Gasteiger partial charge in [-0.15, -0.1) is 0 Å². The van der Waals surface area contributed by atoms with Gasteiger partial charge in [0, 0.05) is 11.4 Å². The van der Waals surface area contributed by atoms with Crippen LogP contribution in [0.25, 0.3) is 10.8 Å². The van der Waals surface area contributed by atoms with Crippen LogP contribution in [0.15, 0.2) is 29.1 Å². The summed E-state index contributed by atoms with van der Waals surface area (Å²) in [7, 11) is 0. The van der Waals surface area contributed by atoms with Crippen LogP contribution in [-0.4, -0.2) is 33.4 Å². The Morgan fingerprint density at radius 1 is 1.29 bits per heavy atom. The summed E-state index contributed by atoms with van der Waals surface area (Å²) >= 11 is 0. The highest BCUT2D eigenvalue weighted by Gasteiger charge is 2.18. The van der Waals surface area contributed by atoms with E-state index in [9.17, 15) is 9.59 Å². The molecule has 0 aliphatic heterocycles. The van der Waals surface area contributed by atoms with E-state index < -0.39 is 5.91 Å². The Balaban J connectivity index is 2.65. The predicted octanol–water partition coefficient (Wildman–Crippen LogP) is 1.09. The summed E-state index contributed by atoms with van der Waals surface area (Å²) in [6, 6.07) is 6.38. The topological polar surface area (TPSA) is 84.2 Å². The Hall–Kier alpha value is -2.21. The van der Waals surface area contributed by atoms with Crippen LogP contribution in [0.2, 0.25) is 0 Å². The van der Waals surface area contributed by atoms with E-state index in [1.54, 1.807) is 31.2 Å². The molecule has 0 spiro atoms. The van der Waals surface area contributed by atoms with Gasteiger partial charge in [0.15, 0.2) is 5.69 Å². The molecule has 112 valence electrons. The molecule has 6 nitrogen and oxygen atoms in total. The maximum absolute atomic E-state index is 12.4. The maximum Gasteiger partial charge on any atom is 0.274 e. The van der Waals surface area contributed by atoms with Crippen LogP contribution in [0.4, 0.5) is 0 Å². The molecule has 1 amide bonds. The number of hydrogen-bond donors (Lipinski definition) is 2. The lowest BCUT2D eigenvalue weighted by Crippen LogP contribution is -2.37. The fourth-order valence-electron chi connectivity index (χ4n) is 2.06. The molecule has 0 bridgehead atoms. The second kappa shape index (κ2) is 6.05. The number of nitrogens with one attached hydrogen (secondary N) is 1. The second-order valence-corrected chi connectivity index (χ2v) is 5.29. The summed E-state index contributed by atoms with van der Waals surface area (Å²) in [6.07, 6.45) is 0. The van der Waals surface area contributed by atoms with Gasteiger partial charge in [-0.25, -0.2) is 4.68 Å². The first-order chi connectivity index (χ1) is 9.95. The Morgan fingerprint density at radius 3 is 2.48 bits per heavy atom. The van der Waals surface area contributed by atoms with Crippen LogP contribution in [0.1, 0.15) is 37.3 Å². The van der Waals surface area contributed by atoms with Crippen LogP contribution in [0, 0.1) is 0 Å². The second-order valence-electron chi connectivity index (χ2n) is 5.29. The average Bonchev–Trinajstić information content (AvgIpc) is 2.47. The third-order valence-electron chi connectivity index (χ3n) is 3.18. The molecule has 0 aliphatic rings. The number of carbonyl (C=O) groups is 1. The van der Waals surface area contributed by atoms with Gasteiger partial charge in [0.1, 0.15) is 0 Å². The highest BCUT2D eigenvalue weighted by molar-refractivity contribution is 6.04. The van der Waals surface area contributed by atoms with E-state index in [0.29, 0.717) is 10.8 Å². The number of hydrogen-bond acceptors (Lipinski definition) is 4. The minimum atomic E-state index is -0.401. The molecule has 21 heavy (non-hydrogen) atoms. The van der Waals surface area contributed by atoms with E-state index in [2.05, 4.69) is 10.4 Å². The van der Waals surface area contributed by atoms with Gasteiger partial charge in [0.25, 0.3) is 11.5 Å². The highest BCUT2D eigenvalue weighted by Crippen LogP contribution is 2.14. The Kier molecular flexibility index (Phi) is 4.37. The molecule has 0 radical (unpaired) electrons. The molecular weight excluding hydrogens is 270 g/mol.